The van der Waals surface area contributed by atoms with Crippen molar-refractivity contribution in [2.45, 2.75) is 25.4 Å². The fourth-order valence-corrected chi connectivity index (χ4v) is 6.20. The second-order valence-electron chi connectivity index (χ2n) is 9.21. The largest absolute Gasteiger partial charge is 0.490 e. The minimum Gasteiger partial charge on any atom is -0.475 e. The van der Waals surface area contributed by atoms with Gasteiger partial charge in [0.05, 0.1) is 17.2 Å². The number of piperidine rings is 1. The third-order valence-electron chi connectivity index (χ3n) is 7.20. The van der Waals surface area contributed by atoms with Crippen LogP contribution < -0.4 is 0 Å². The van der Waals surface area contributed by atoms with E-state index in [2.05, 4.69) is 4.98 Å². The molecule has 2 amide bonds. The van der Waals surface area contributed by atoms with E-state index in [1.165, 1.54) is 10.6 Å². The van der Waals surface area contributed by atoms with Crippen LogP contribution in [0.5, 0.6) is 0 Å². The number of rotatable bonds is 2. The van der Waals surface area contributed by atoms with Gasteiger partial charge in [0, 0.05) is 57.6 Å². The number of hydrogen-bond acceptors (Lipinski definition) is 6. The fraction of sp³-hybridized carbons (Fsp3) is 0.619. The van der Waals surface area contributed by atoms with Crippen LogP contribution in [0, 0.1) is 10.8 Å². The third-order valence-corrected chi connectivity index (χ3v) is 8.39. The smallest absolute Gasteiger partial charge is 0.475 e. The number of halogens is 3. The Morgan fingerprint density at radius 2 is 1.71 bits per heavy atom. The number of carboxylic acids is 1. The van der Waals surface area contributed by atoms with Crippen LogP contribution in [-0.2, 0) is 19.6 Å². The molecular formula is C21H27F3N4O6S. The fourth-order valence-electron chi connectivity index (χ4n) is 5.27. The van der Waals surface area contributed by atoms with E-state index in [-0.39, 0.29) is 18.4 Å². The standard InChI is InChI=1S/C19H26N4O4S.C2HF3O2/c1-21-9-7-19(17(21)25)14-23(28(2,26)27)13-18(19)5-10-22(11-6-18)16(24)15-4-3-8-20-12-15;3-2(4,5)1(6)7/h3-4,8,12H,5-7,9-11,13-14H2,1-2H3;(H,6,7). The summed E-state index contributed by atoms with van der Waals surface area (Å²) in [7, 11) is -1.59. The van der Waals surface area contributed by atoms with Crippen molar-refractivity contribution in [3.63, 3.8) is 0 Å². The molecule has 3 aliphatic rings. The number of nitrogens with zero attached hydrogens (tertiary/aromatic N) is 4. The molecular weight excluding hydrogens is 493 g/mol. The van der Waals surface area contributed by atoms with Gasteiger partial charge in [0.2, 0.25) is 15.9 Å². The first-order valence-electron chi connectivity index (χ1n) is 10.8. The summed E-state index contributed by atoms with van der Waals surface area (Å²) < 4.78 is 57.8. The van der Waals surface area contributed by atoms with E-state index in [0.717, 1.165) is 0 Å². The van der Waals surface area contributed by atoms with Crippen LogP contribution in [-0.4, -0.2) is 103 Å². The molecule has 10 nitrogen and oxygen atoms in total. The van der Waals surface area contributed by atoms with Gasteiger partial charge in [0.15, 0.2) is 0 Å². The topological polar surface area (TPSA) is 128 Å². The number of likely N-dealkylation sites (tertiary alicyclic amines) is 2. The Morgan fingerprint density at radius 3 is 2.14 bits per heavy atom. The highest BCUT2D eigenvalue weighted by atomic mass is 32.2. The van der Waals surface area contributed by atoms with Crippen LogP contribution >= 0.6 is 0 Å². The summed E-state index contributed by atoms with van der Waals surface area (Å²) >= 11 is 0. The van der Waals surface area contributed by atoms with Gasteiger partial charge in [-0.25, -0.2) is 17.5 Å². The van der Waals surface area contributed by atoms with Crippen LogP contribution in [0.1, 0.15) is 29.6 Å². The van der Waals surface area contributed by atoms with Crippen molar-refractivity contribution in [3.05, 3.63) is 30.1 Å². The number of aromatic nitrogens is 1. The highest BCUT2D eigenvalue weighted by molar-refractivity contribution is 7.88. The summed E-state index contributed by atoms with van der Waals surface area (Å²) in [5, 5.41) is 7.12. The summed E-state index contributed by atoms with van der Waals surface area (Å²) in [6.45, 7) is 2.30. The van der Waals surface area contributed by atoms with Crippen LogP contribution in [0.3, 0.4) is 0 Å². The van der Waals surface area contributed by atoms with Crippen molar-refractivity contribution in [1.29, 1.82) is 0 Å². The van der Waals surface area contributed by atoms with Crippen molar-refractivity contribution in [2.24, 2.45) is 10.8 Å². The maximum atomic E-state index is 13.1. The first kappa shape index (κ1) is 26.9. The number of carbonyl (C=O) groups excluding carboxylic acids is 2. The number of carbonyl (C=O) groups is 3. The van der Waals surface area contributed by atoms with Crippen molar-refractivity contribution in [3.8, 4) is 0 Å². The summed E-state index contributed by atoms with van der Waals surface area (Å²) in [6.07, 6.45) is 1.25. The first-order chi connectivity index (χ1) is 16.1. The third kappa shape index (κ3) is 5.13. The minimum atomic E-state index is -5.08. The van der Waals surface area contributed by atoms with E-state index >= 15 is 0 Å². The molecule has 0 saturated carbocycles. The molecule has 14 heteroatoms. The zero-order valence-corrected chi connectivity index (χ0v) is 20.1. The molecule has 1 atom stereocenters. The van der Waals surface area contributed by atoms with Gasteiger partial charge in [-0.1, -0.05) is 0 Å². The monoisotopic (exact) mass is 520 g/mol. The molecule has 3 aliphatic heterocycles. The molecule has 1 N–H and O–H groups in total. The Balaban J connectivity index is 0.000000429. The van der Waals surface area contributed by atoms with E-state index in [4.69, 9.17) is 9.90 Å². The van der Waals surface area contributed by atoms with E-state index < -0.39 is 33.0 Å². The lowest BCUT2D eigenvalue weighted by atomic mass is 9.60. The maximum absolute atomic E-state index is 13.1. The van der Waals surface area contributed by atoms with Gasteiger partial charge in [-0.2, -0.15) is 13.2 Å². The number of pyridine rings is 1. The Hall–Kier alpha value is -2.74. The van der Waals surface area contributed by atoms with Crippen LogP contribution in [0.4, 0.5) is 13.2 Å². The SMILES string of the molecule is CN1CCC2(CN(S(C)(=O)=O)CC23CCN(C(=O)c2cccnc2)CC3)C1=O.O=C(O)C(F)(F)F. The predicted molar refractivity (Wildman–Crippen MR) is 117 cm³/mol. The molecule has 0 aliphatic carbocycles. The number of aliphatic carboxylic acids is 1. The number of amides is 2. The zero-order chi connectivity index (χ0) is 26.2. The summed E-state index contributed by atoms with van der Waals surface area (Å²) in [5.41, 5.74) is -0.535. The molecule has 0 radical (unpaired) electrons. The van der Waals surface area contributed by atoms with Crippen LogP contribution in [0.15, 0.2) is 24.5 Å². The summed E-state index contributed by atoms with van der Waals surface area (Å²) in [6, 6.07) is 3.49. The van der Waals surface area contributed by atoms with Crippen molar-refractivity contribution in [1.82, 2.24) is 19.1 Å². The Kier molecular flexibility index (Phi) is 7.19. The first-order valence-corrected chi connectivity index (χ1v) is 12.7. The van der Waals surface area contributed by atoms with E-state index in [0.29, 0.717) is 51.0 Å². The molecule has 194 valence electrons. The van der Waals surface area contributed by atoms with Gasteiger partial charge < -0.3 is 14.9 Å². The molecule has 4 heterocycles. The van der Waals surface area contributed by atoms with Gasteiger partial charge in [0.25, 0.3) is 5.91 Å². The molecule has 1 aromatic rings. The quantitative estimate of drug-likeness (QED) is 0.618. The lowest BCUT2D eigenvalue weighted by Gasteiger charge is -2.46. The lowest BCUT2D eigenvalue weighted by Crippen LogP contribution is -2.53. The van der Waals surface area contributed by atoms with Crippen molar-refractivity contribution < 1.29 is 41.1 Å². The molecule has 35 heavy (non-hydrogen) atoms. The lowest BCUT2D eigenvalue weighted by molar-refractivity contribution is -0.192. The second kappa shape index (κ2) is 9.37. The average molecular weight is 521 g/mol. The van der Waals surface area contributed by atoms with Crippen molar-refractivity contribution in [2.75, 3.05) is 46.0 Å². The Bertz CT molecular complexity index is 1090. The molecule has 0 bridgehead atoms. The maximum Gasteiger partial charge on any atom is 0.490 e. The average Bonchev–Trinajstić information content (AvgIpc) is 3.27. The van der Waals surface area contributed by atoms with Gasteiger partial charge in [-0.15, -0.1) is 0 Å². The van der Waals surface area contributed by atoms with Gasteiger partial charge >= 0.3 is 12.1 Å². The normalized spacial score (nSPS) is 24.5. The van der Waals surface area contributed by atoms with Gasteiger partial charge in [-0.05, 0) is 31.4 Å². The van der Waals surface area contributed by atoms with Crippen LogP contribution in [0.2, 0.25) is 0 Å². The predicted octanol–water partition coefficient (Wildman–Crippen LogP) is 1.06. The molecule has 4 rings (SSSR count). The second-order valence-corrected chi connectivity index (χ2v) is 11.2. The Morgan fingerprint density at radius 1 is 1.11 bits per heavy atom. The van der Waals surface area contributed by atoms with Gasteiger partial charge in [-0.3, -0.25) is 14.6 Å². The molecule has 1 unspecified atom stereocenters. The number of alkyl halides is 3. The van der Waals surface area contributed by atoms with Gasteiger partial charge in [0.1, 0.15) is 0 Å². The number of fused-ring (bicyclic) bond motifs is 1. The van der Waals surface area contributed by atoms with Crippen molar-refractivity contribution >= 4 is 27.8 Å². The molecule has 3 saturated heterocycles. The summed E-state index contributed by atoms with van der Waals surface area (Å²) in [4.78, 5) is 42.3. The number of carboxylic acid groups (broad SMARTS) is 1. The molecule has 3 fully saturated rings. The van der Waals surface area contributed by atoms with E-state index in [1.54, 1.807) is 41.4 Å². The molecule has 1 aromatic heterocycles. The van der Waals surface area contributed by atoms with Crippen LogP contribution in [0.25, 0.3) is 0 Å². The van der Waals surface area contributed by atoms with E-state index in [1.807, 2.05) is 0 Å². The summed E-state index contributed by atoms with van der Waals surface area (Å²) in [5.74, 6) is -2.77. The zero-order valence-electron chi connectivity index (χ0n) is 19.3. The minimum absolute atomic E-state index is 0.0469. The highest BCUT2D eigenvalue weighted by Gasteiger charge is 2.66. The highest BCUT2D eigenvalue weighted by Crippen LogP contribution is 2.58. The molecule has 2 spiro atoms. The number of sulfonamides is 1. The molecule has 0 aromatic carbocycles. The Labute approximate surface area is 200 Å². The van der Waals surface area contributed by atoms with E-state index in [9.17, 15) is 31.2 Å². The number of hydrogen-bond donors (Lipinski definition) is 1.